The monoisotopic (exact) mass is 452 g/mol. The third kappa shape index (κ3) is 5.12. The number of hydrogen-bond acceptors (Lipinski definition) is 4. The average Bonchev–Trinajstić information content (AvgIpc) is 3.15. The standard InChI is InChI=1S/C26H32N2O3S/c1-2-3-14-27-25(29)24(18-12-15-32-16-13-18)28-26(30)31-17-23-21-10-6-4-8-19(21)20-9-5-7-11-22(20)23/h4-11,18,23-24H,2-3,12-17H2,1H3,(H,27,29)(H,28,30). The Morgan fingerprint density at radius 3 is 2.28 bits per heavy atom. The molecular formula is C26H32N2O3S. The van der Waals surface area contributed by atoms with Crippen molar-refractivity contribution in [1.29, 1.82) is 0 Å². The number of carbonyl (C=O) groups excluding carboxylic acids is 2. The zero-order chi connectivity index (χ0) is 22.3. The van der Waals surface area contributed by atoms with E-state index in [0.717, 1.165) is 37.2 Å². The van der Waals surface area contributed by atoms with Crippen molar-refractivity contribution in [2.24, 2.45) is 5.92 Å². The van der Waals surface area contributed by atoms with Crippen LogP contribution in [0.5, 0.6) is 0 Å². The number of nitrogens with one attached hydrogen (secondary N) is 2. The summed E-state index contributed by atoms with van der Waals surface area (Å²) in [7, 11) is 0. The Morgan fingerprint density at radius 1 is 1.03 bits per heavy atom. The topological polar surface area (TPSA) is 67.4 Å². The van der Waals surface area contributed by atoms with Gasteiger partial charge in [0, 0.05) is 12.5 Å². The van der Waals surface area contributed by atoms with Crippen LogP contribution < -0.4 is 10.6 Å². The molecule has 1 aliphatic heterocycles. The fourth-order valence-electron chi connectivity index (χ4n) is 4.71. The van der Waals surface area contributed by atoms with E-state index in [9.17, 15) is 9.59 Å². The molecular weight excluding hydrogens is 420 g/mol. The van der Waals surface area contributed by atoms with Crippen LogP contribution in [0.25, 0.3) is 11.1 Å². The van der Waals surface area contributed by atoms with Crippen LogP contribution in [0.4, 0.5) is 4.79 Å². The van der Waals surface area contributed by atoms with E-state index in [1.54, 1.807) is 0 Å². The minimum absolute atomic E-state index is 0.0102. The second kappa shape index (κ2) is 10.9. The summed E-state index contributed by atoms with van der Waals surface area (Å²) < 4.78 is 5.70. The molecule has 1 atom stereocenters. The maximum absolute atomic E-state index is 12.9. The van der Waals surface area contributed by atoms with E-state index in [-0.39, 0.29) is 24.3 Å². The van der Waals surface area contributed by atoms with Crippen LogP contribution in [0.3, 0.4) is 0 Å². The molecule has 5 nitrogen and oxygen atoms in total. The quantitative estimate of drug-likeness (QED) is 0.556. The summed E-state index contributed by atoms with van der Waals surface area (Å²) in [5, 5.41) is 5.90. The third-order valence-electron chi connectivity index (χ3n) is 6.47. The zero-order valence-electron chi connectivity index (χ0n) is 18.6. The number of thioether (sulfide) groups is 1. The van der Waals surface area contributed by atoms with Crippen molar-refractivity contribution in [1.82, 2.24) is 10.6 Å². The highest BCUT2D eigenvalue weighted by Crippen LogP contribution is 2.44. The molecule has 0 spiro atoms. The number of hydrogen-bond donors (Lipinski definition) is 2. The molecule has 2 aromatic rings. The van der Waals surface area contributed by atoms with Gasteiger partial charge in [-0.15, -0.1) is 0 Å². The summed E-state index contributed by atoms with van der Waals surface area (Å²) in [4.78, 5) is 25.6. The van der Waals surface area contributed by atoms with Crippen LogP contribution >= 0.6 is 11.8 Å². The first-order valence-electron chi connectivity index (χ1n) is 11.7. The van der Waals surface area contributed by atoms with Gasteiger partial charge in [0.2, 0.25) is 5.91 Å². The first-order chi connectivity index (χ1) is 15.7. The number of fused-ring (bicyclic) bond motifs is 3. The van der Waals surface area contributed by atoms with Crippen molar-refractivity contribution in [3.05, 3.63) is 59.7 Å². The van der Waals surface area contributed by atoms with Crippen LogP contribution in [0.1, 0.15) is 49.7 Å². The molecule has 0 saturated carbocycles. The minimum Gasteiger partial charge on any atom is -0.449 e. The predicted octanol–water partition coefficient (Wildman–Crippen LogP) is 4.95. The van der Waals surface area contributed by atoms with Gasteiger partial charge >= 0.3 is 6.09 Å². The summed E-state index contributed by atoms with van der Waals surface area (Å²) in [5.74, 6) is 2.12. The second-order valence-electron chi connectivity index (χ2n) is 8.54. The normalized spacial score (nSPS) is 16.7. The zero-order valence-corrected chi connectivity index (χ0v) is 19.5. The summed E-state index contributed by atoms with van der Waals surface area (Å²) in [6.45, 7) is 2.99. The van der Waals surface area contributed by atoms with Crippen molar-refractivity contribution >= 4 is 23.8 Å². The first-order valence-corrected chi connectivity index (χ1v) is 12.8. The Morgan fingerprint density at radius 2 is 1.66 bits per heavy atom. The van der Waals surface area contributed by atoms with E-state index in [2.05, 4.69) is 41.8 Å². The highest BCUT2D eigenvalue weighted by atomic mass is 32.2. The van der Waals surface area contributed by atoms with Gasteiger partial charge in [0.05, 0.1) is 0 Å². The lowest BCUT2D eigenvalue weighted by molar-refractivity contribution is -0.124. The number of benzene rings is 2. The Labute approximate surface area is 194 Å². The Balaban J connectivity index is 1.41. The second-order valence-corrected chi connectivity index (χ2v) is 9.77. The lowest BCUT2D eigenvalue weighted by Gasteiger charge is -2.29. The molecule has 1 aliphatic carbocycles. The van der Waals surface area contributed by atoms with Crippen molar-refractivity contribution in [3.63, 3.8) is 0 Å². The molecule has 2 aromatic carbocycles. The molecule has 0 bridgehead atoms. The van der Waals surface area contributed by atoms with Crippen LogP contribution in [0.2, 0.25) is 0 Å². The molecule has 0 aromatic heterocycles. The molecule has 2 aliphatic rings. The number of carbonyl (C=O) groups is 2. The van der Waals surface area contributed by atoms with Crippen LogP contribution in [-0.4, -0.2) is 42.7 Å². The third-order valence-corrected chi connectivity index (χ3v) is 7.52. The van der Waals surface area contributed by atoms with Gasteiger partial charge in [-0.05, 0) is 58.9 Å². The molecule has 2 N–H and O–H groups in total. The van der Waals surface area contributed by atoms with E-state index >= 15 is 0 Å². The van der Waals surface area contributed by atoms with Crippen LogP contribution in [0.15, 0.2) is 48.5 Å². The van der Waals surface area contributed by atoms with E-state index in [1.807, 2.05) is 36.0 Å². The smallest absolute Gasteiger partial charge is 0.407 e. The molecule has 1 fully saturated rings. The molecule has 1 heterocycles. The Bertz CT molecular complexity index is 897. The average molecular weight is 453 g/mol. The van der Waals surface area contributed by atoms with Crippen molar-refractivity contribution in [2.45, 2.75) is 44.6 Å². The largest absolute Gasteiger partial charge is 0.449 e. The first kappa shape index (κ1) is 22.7. The Kier molecular flexibility index (Phi) is 7.74. The predicted molar refractivity (Wildman–Crippen MR) is 130 cm³/mol. The molecule has 1 unspecified atom stereocenters. The summed E-state index contributed by atoms with van der Waals surface area (Å²) in [6, 6.07) is 16.0. The van der Waals surface area contributed by atoms with E-state index < -0.39 is 12.1 Å². The van der Waals surface area contributed by atoms with Gasteiger partial charge in [0.1, 0.15) is 12.6 Å². The number of unbranched alkanes of at least 4 members (excludes halogenated alkanes) is 1. The minimum atomic E-state index is -0.539. The van der Waals surface area contributed by atoms with E-state index in [1.165, 1.54) is 22.3 Å². The number of alkyl carbamates (subject to hydrolysis) is 1. The van der Waals surface area contributed by atoms with Crippen LogP contribution in [-0.2, 0) is 9.53 Å². The van der Waals surface area contributed by atoms with Crippen LogP contribution in [0, 0.1) is 5.92 Å². The summed E-state index contributed by atoms with van der Waals surface area (Å²) >= 11 is 1.91. The van der Waals surface area contributed by atoms with Gasteiger partial charge in [0.15, 0.2) is 0 Å². The molecule has 0 radical (unpaired) electrons. The van der Waals surface area contributed by atoms with E-state index in [0.29, 0.717) is 6.54 Å². The van der Waals surface area contributed by atoms with Gasteiger partial charge in [0.25, 0.3) is 0 Å². The number of ether oxygens (including phenoxy) is 1. The van der Waals surface area contributed by atoms with Gasteiger partial charge in [-0.1, -0.05) is 61.9 Å². The van der Waals surface area contributed by atoms with Gasteiger partial charge < -0.3 is 15.4 Å². The van der Waals surface area contributed by atoms with Gasteiger partial charge in [-0.3, -0.25) is 4.79 Å². The lowest BCUT2D eigenvalue weighted by atomic mass is 9.93. The molecule has 4 rings (SSSR count). The highest BCUT2D eigenvalue weighted by molar-refractivity contribution is 7.99. The highest BCUT2D eigenvalue weighted by Gasteiger charge is 2.33. The Hall–Kier alpha value is -2.47. The number of rotatable bonds is 8. The van der Waals surface area contributed by atoms with Crippen molar-refractivity contribution in [3.8, 4) is 11.1 Å². The maximum Gasteiger partial charge on any atom is 0.407 e. The van der Waals surface area contributed by atoms with Crippen molar-refractivity contribution in [2.75, 3.05) is 24.7 Å². The molecule has 6 heteroatoms. The maximum atomic E-state index is 12.9. The SMILES string of the molecule is CCCCNC(=O)C(NC(=O)OCC1c2ccccc2-c2ccccc21)C1CCSCC1. The van der Waals surface area contributed by atoms with Crippen molar-refractivity contribution < 1.29 is 14.3 Å². The van der Waals surface area contributed by atoms with E-state index in [4.69, 9.17) is 4.74 Å². The van der Waals surface area contributed by atoms with Gasteiger partial charge in [-0.2, -0.15) is 11.8 Å². The van der Waals surface area contributed by atoms with Gasteiger partial charge in [-0.25, -0.2) is 4.79 Å². The molecule has 1 saturated heterocycles. The molecule has 2 amide bonds. The summed E-state index contributed by atoms with van der Waals surface area (Å²) in [5.41, 5.74) is 4.76. The lowest BCUT2D eigenvalue weighted by Crippen LogP contribution is -2.52. The molecule has 32 heavy (non-hydrogen) atoms. The number of amides is 2. The fourth-order valence-corrected chi connectivity index (χ4v) is 5.85. The molecule has 170 valence electrons. The fraction of sp³-hybridized carbons (Fsp3) is 0.462. The summed E-state index contributed by atoms with van der Waals surface area (Å²) in [6.07, 6.45) is 3.30.